The number of hydrogen-bond acceptors (Lipinski definition) is 3. The second-order valence-electron chi connectivity index (χ2n) is 6.41. The number of hydrogen-bond donors (Lipinski definition) is 2. The molecule has 1 aromatic carbocycles. The third-order valence-electron chi connectivity index (χ3n) is 3.52. The lowest BCUT2D eigenvalue weighted by Gasteiger charge is -2.25. The fourth-order valence-corrected chi connectivity index (χ4v) is 2.34. The van der Waals surface area contributed by atoms with Crippen molar-refractivity contribution in [1.29, 1.82) is 0 Å². The molecule has 0 aliphatic heterocycles. The number of aliphatic hydroxyl groups is 2. The van der Waals surface area contributed by atoms with Crippen molar-refractivity contribution in [2.75, 3.05) is 13.2 Å². The van der Waals surface area contributed by atoms with Crippen molar-refractivity contribution in [1.82, 2.24) is 0 Å². The molecule has 0 fully saturated rings. The summed E-state index contributed by atoms with van der Waals surface area (Å²) < 4.78 is 5.71. The van der Waals surface area contributed by atoms with E-state index in [1.54, 1.807) is 0 Å². The summed E-state index contributed by atoms with van der Waals surface area (Å²) in [5.74, 6) is 1.13. The molecule has 0 bridgehead atoms. The average molecular weight is 280 g/mol. The van der Waals surface area contributed by atoms with Gasteiger partial charge < -0.3 is 14.9 Å². The largest absolute Gasteiger partial charge is 0.494 e. The molecule has 0 aromatic heterocycles. The number of benzene rings is 1. The van der Waals surface area contributed by atoms with Crippen molar-refractivity contribution >= 4 is 0 Å². The van der Waals surface area contributed by atoms with Crippen LogP contribution in [0.15, 0.2) is 18.2 Å². The van der Waals surface area contributed by atoms with E-state index in [1.165, 1.54) is 11.1 Å². The van der Waals surface area contributed by atoms with Gasteiger partial charge in [0.2, 0.25) is 0 Å². The molecule has 3 nitrogen and oxygen atoms in total. The van der Waals surface area contributed by atoms with Crippen molar-refractivity contribution in [2.24, 2.45) is 0 Å². The van der Waals surface area contributed by atoms with Gasteiger partial charge in [0.05, 0.1) is 19.3 Å². The number of aliphatic hydroxyl groups excluding tert-OH is 2. The van der Waals surface area contributed by atoms with Crippen LogP contribution in [0.3, 0.4) is 0 Å². The topological polar surface area (TPSA) is 49.7 Å². The van der Waals surface area contributed by atoms with Gasteiger partial charge in [-0.3, -0.25) is 0 Å². The lowest BCUT2D eigenvalue weighted by molar-refractivity contribution is 0.0835. The summed E-state index contributed by atoms with van der Waals surface area (Å²) in [6.45, 7) is 11.0. The maximum atomic E-state index is 9.58. The van der Waals surface area contributed by atoms with Crippen LogP contribution in [-0.4, -0.2) is 29.5 Å². The van der Waals surface area contributed by atoms with Gasteiger partial charge in [0.1, 0.15) is 5.75 Å². The van der Waals surface area contributed by atoms with E-state index in [9.17, 15) is 5.11 Å². The van der Waals surface area contributed by atoms with Crippen LogP contribution in [0, 0.1) is 0 Å². The maximum absolute atomic E-state index is 9.58. The zero-order chi connectivity index (χ0) is 15.3. The van der Waals surface area contributed by atoms with E-state index in [1.807, 2.05) is 13.0 Å². The van der Waals surface area contributed by atoms with Gasteiger partial charge in [-0.2, -0.15) is 0 Å². The van der Waals surface area contributed by atoms with E-state index in [-0.39, 0.29) is 17.9 Å². The fraction of sp³-hybridized carbons (Fsp3) is 0.647. The van der Waals surface area contributed by atoms with Crippen LogP contribution in [0.1, 0.15) is 58.1 Å². The highest BCUT2D eigenvalue weighted by molar-refractivity contribution is 5.42. The van der Waals surface area contributed by atoms with Gasteiger partial charge in [0.15, 0.2) is 0 Å². The summed E-state index contributed by atoms with van der Waals surface area (Å²) in [4.78, 5) is 0. The Labute approximate surface area is 122 Å². The predicted molar refractivity (Wildman–Crippen MR) is 82.4 cm³/mol. The first kappa shape index (κ1) is 17.0. The zero-order valence-corrected chi connectivity index (χ0v) is 13.3. The Kier molecular flexibility index (Phi) is 6.03. The summed E-state index contributed by atoms with van der Waals surface area (Å²) in [7, 11) is 0. The van der Waals surface area contributed by atoms with Crippen molar-refractivity contribution in [3.63, 3.8) is 0 Å². The van der Waals surface area contributed by atoms with E-state index < -0.39 is 6.10 Å². The molecule has 114 valence electrons. The highest BCUT2D eigenvalue weighted by atomic mass is 16.5. The summed E-state index contributed by atoms with van der Waals surface area (Å²) >= 11 is 0. The molecule has 0 saturated carbocycles. The third kappa shape index (κ3) is 4.50. The molecule has 0 saturated heterocycles. The lowest BCUT2D eigenvalue weighted by atomic mass is 9.83. The standard InChI is InChI=1S/C17H28O3/c1-6-20-16-8-7-13(10-15(16)17(3,4)5)12(2)9-14(19)11-18/h7-8,10,12,14,18-19H,6,9,11H2,1-5H3. The molecule has 1 rings (SSSR count). The predicted octanol–water partition coefficient (Wildman–Crippen LogP) is 3.23. The molecular formula is C17H28O3. The minimum Gasteiger partial charge on any atom is -0.494 e. The SMILES string of the molecule is CCOc1ccc(C(C)CC(O)CO)cc1C(C)(C)C. The second-order valence-corrected chi connectivity index (χ2v) is 6.41. The second kappa shape index (κ2) is 7.09. The molecule has 20 heavy (non-hydrogen) atoms. The highest BCUT2D eigenvalue weighted by Gasteiger charge is 2.21. The number of ether oxygens (including phenoxy) is 1. The van der Waals surface area contributed by atoms with Crippen molar-refractivity contribution in [3.05, 3.63) is 29.3 Å². The Morgan fingerprint density at radius 2 is 1.90 bits per heavy atom. The van der Waals surface area contributed by atoms with Crippen LogP contribution in [0.25, 0.3) is 0 Å². The Bertz CT molecular complexity index is 421. The van der Waals surface area contributed by atoms with Gasteiger partial charge in [-0.15, -0.1) is 0 Å². The van der Waals surface area contributed by atoms with E-state index in [2.05, 4.69) is 39.8 Å². The Balaban J connectivity index is 3.06. The Morgan fingerprint density at radius 3 is 2.40 bits per heavy atom. The fourth-order valence-electron chi connectivity index (χ4n) is 2.34. The zero-order valence-electron chi connectivity index (χ0n) is 13.3. The Morgan fingerprint density at radius 1 is 1.25 bits per heavy atom. The molecule has 2 unspecified atom stereocenters. The summed E-state index contributed by atoms with van der Waals surface area (Å²) in [5.41, 5.74) is 2.36. The summed E-state index contributed by atoms with van der Waals surface area (Å²) in [6, 6.07) is 6.23. The van der Waals surface area contributed by atoms with Gasteiger partial charge >= 0.3 is 0 Å². The first-order chi connectivity index (χ1) is 9.29. The normalized spacial score (nSPS) is 14.9. The third-order valence-corrected chi connectivity index (χ3v) is 3.52. The molecule has 1 aromatic rings. The molecule has 0 radical (unpaired) electrons. The van der Waals surface area contributed by atoms with Crippen molar-refractivity contribution < 1.29 is 14.9 Å². The molecular weight excluding hydrogens is 252 g/mol. The number of rotatable bonds is 6. The first-order valence-corrected chi connectivity index (χ1v) is 7.35. The molecule has 2 atom stereocenters. The smallest absolute Gasteiger partial charge is 0.123 e. The van der Waals surface area contributed by atoms with Crippen LogP contribution in [0.5, 0.6) is 5.75 Å². The molecule has 0 amide bonds. The average Bonchev–Trinajstić information content (AvgIpc) is 2.38. The molecule has 0 spiro atoms. The van der Waals surface area contributed by atoms with Crippen LogP contribution < -0.4 is 4.74 Å². The summed E-state index contributed by atoms with van der Waals surface area (Å²) in [5, 5.41) is 18.5. The quantitative estimate of drug-likeness (QED) is 0.841. The van der Waals surface area contributed by atoms with Crippen molar-refractivity contribution in [3.8, 4) is 5.75 Å². The molecule has 0 aliphatic rings. The van der Waals surface area contributed by atoms with E-state index >= 15 is 0 Å². The van der Waals surface area contributed by atoms with Gasteiger partial charge in [-0.05, 0) is 41.9 Å². The highest BCUT2D eigenvalue weighted by Crippen LogP contribution is 2.34. The molecule has 2 N–H and O–H groups in total. The monoisotopic (exact) mass is 280 g/mol. The molecule has 0 aliphatic carbocycles. The van der Waals surface area contributed by atoms with Crippen molar-refractivity contribution in [2.45, 2.75) is 58.5 Å². The minimum atomic E-state index is -0.658. The molecule has 3 heteroatoms. The van der Waals surface area contributed by atoms with Crippen LogP contribution >= 0.6 is 0 Å². The van der Waals surface area contributed by atoms with Gasteiger partial charge in [0.25, 0.3) is 0 Å². The van der Waals surface area contributed by atoms with Gasteiger partial charge in [0, 0.05) is 0 Å². The maximum Gasteiger partial charge on any atom is 0.123 e. The van der Waals surface area contributed by atoms with E-state index in [4.69, 9.17) is 9.84 Å². The Hall–Kier alpha value is -1.06. The van der Waals surface area contributed by atoms with Crippen LogP contribution in [0.4, 0.5) is 0 Å². The van der Waals surface area contributed by atoms with Crippen LogP contribution in [0.2, 0.25) is 0 Å². The van der Waals surface area contributed by atoms with Crippen LogP contribution in [-0.2, 0) is 5.41 Å². The minimum absolute atomic E-state index is 0.00975. The van der Waals surface area contributed by atoms with E-state index in [0.717, 1.165) is 5.75 Å². The van der Waals surface area contributed by atoms with Gasteiger partial charge in [-0.25, -0.2) is 0 Å². The lowest BCUT2D eigenvalue weighted by Crippen LogP contribution is -2.17. The first-order valence-electron chi connectivity index (χ1n) is 7.35. The molecule has 0 heterocycles. The van der Waals surface area contributed by atoms with Gasteiger partial charge in [-0.1, -0.05) is 39.8 Å². The van der Waals surface area contributed by atoms with E-state index in [0.29, 0.717) is 13.0 Å². The summed E-state index contributed by atoms with van der Waals surface area (Å²) in [6.07, 6.45) is -0.0942.